The van der Waals surface area contributed by atoms with Gasteiger partial charge in [0.2, 0.25) is 0 Å². The molecule has 0 radical (unpaired) electrons. The third-order valence-corrected chi connectivity index (χ3v) is 3.94. The van der Waals surface area contributed by atoms with Crippen LogP contribution in [0.2, 0.25) is 0 Å². The smallest absolute Gasteiger partial charge is 0.0244 e. The van der Waals surface area contributed by atoms with Crippen molar-refractivity contribution in [2.24, 2.45) is 5.41 Å². The Labute approximate surface area is 87.6 Å². The van der Waals surface area contributed by atoms with Crippen LogP contribution in [-0.4, -0.2) is 42.5 Å². The van der Waals surface area contributed by atoms with Gasteiger partial charge in [-0.05, 0) is 32.9 Å². The number of nitrogens with zero attached hydrogens (tertiary/aromatic N) is 2. The van der Waals surface area contributed by atoms with Gasteiger partial charge in [0.1, 0.15) is 0 Å². The summed E-state index contributed by atoms with van der Waals surface area (Å²) in [4.78, 5) is 5.04. The average molecular weight is 194 g/mol. The molecule has 80 valence electrons. The topological polar surface area (TPSA) is 6.48 Å². The molecule has 2 nitrogen and oxygen atoms in total. The summed E-state index contributed by atoms with van der Waals surface area (Å²) in [6.45, 7) is 14.8. The summed E-state index contributed by atoms with van der Waals surface area (Å²) in [6, 6.07) is 0. The van der Waals surface area contributed by atoms with Crippen molar-refractivity contribution in [3.63, 3.8) is 0 Å². The highest BCUT2D eigenvalue weighted by Crippen LogP contribution is 2.40. The molecule has 2 fully saturated rings. The van der Waals surface area contributed by atoms with Gasteiger partial charge in [-0.25, -0.2) is 0 Å². The highest BCUT2D eigenvalue weighted by molar-refractivity contribution is 5.02. The first-order chi connectivity index (χ1) is 6.65. The lowest BCUT2D eigenvalue weighted by atomic mass is 9.86. The number of allylic oxidation sites excluding steroid dienone is 1. The van der Waals surface area contributed by atoms with Crippen LogP contribution in [0.3, 0.4) is 0 Å². The Morgan fingerprint density at radius 3 is 2.50 bits per heavy atom. The Hall–Kier alpha value is -0.500. The lowest BCUT2D eigenvalue weighted by Crippen LogP contribution is -2.30. The molecule has 2 heterocycles. The fraction of sp³-hybridized carbons (Fsp3) is 0.833. The second-order valence-electron chi connectivity index (χ2n) is 5.03. The third kappa shape index (κ3) is 1.68. The van der Waals surface area contributed by atoms with E-state index in [0.717, 1.165) is 0 Å². The van der Waals surface area contributed by atoms with Crippen LogP contribution in [-0.2, 0) is 0 Å². The van der Waals surface area contributed by atoms with Crippen LogP contribution in [0.25, 0.3) is 0 Å². The first-order valence-electron chi connectivity index (χ1n) is 5.78. The molecule has 0 aliphatic carbocycles. The van der Waals surface area contributed by atoms with Crippen LogP contribution in [0.5, 0.6) is 0 Å². The van der Waals surface area contributed by atoms with Crippen molar-refractivity contribution in [3.05, 3.63) is 12.3 Å². The summed E-state index contributed by atoms with van der Waals surface area (Å²) in [6.07, 6.45) is 2.76. The zero-order valence-corrected chi connectivity index (χ0v) is 9.55. The monoisotopic (exact) mass is 194 g/mol. The van der Waals surface area contributed by atoms with Gasteiger partial charge in [0.25, 0.3) is 0 Å². The van der Waals surface area contributed by atoms with E-state index in [1.165, 1.54) is 51.3 Å². The zero-order valence-electron chi connectivity index (χ0n) is 9.55. The summed E-state index contributed by atoms with van der Waals surface area (Å²) in [5, 5.41) is 0. The summed E-state index contributed by atoms with van der Waals surface area (Å²) < 4.78 is 0. The number of hydrogen-bond acceptors (Lipinski definition) is 2. The van der Waals surface area contributed by atoms with Crippen molar-refractivity contribution in [2.45, 2.75) is 26.7 Å². The second-order valence-corrected chi connectivity index (χ2v) is 5.03. The minimum Gasteiger partial charge on any atom is -0.375 e. The van der Waals surface area contributed by atoms with E-state index in [9.17, 15) is 0 Å². The van der Waals surface area contributed by atoms with Crippen LogP contribution in [0.4, 0.5) is 0 Å². The fourth-order valence-electron chi connectivity index (χ4n) is 2.89. The van der Waals surface area contributed by atoms with Gasteiger partial charge >= 0.3 is 0 Å². The van der Waals surface area contributed by atoms with E-state index in [1.807, 2.05) is 0 Å². The standard InChI is InChI=1S/C12H22N2/c1-4-13-7-5-12(9-13)6-8-14(10-12)11(2)3/h2,4-10H2,1,3H3. The van der Waals surface area contributed by atoms with Crippen LogP contribution in [0.1, 0.15) is 26.7 Å². The molecule has 2 rings (SSSR count). The van der Waals surface area contributed by atoms with E-state index in [1.54, 1.807) is 0 Å². The van der Waals surface area contributed by atoms with Gasteiger partial charge in [0, 0.05) is 30.7 Å². The van der Waals surface area contributed by atoms with Crippen LogP contribution < -0.4 is 0 Å². The van der Waals surface area contributed by atoms with Crippen LogP contribution in [0.15, 0.2) is 12.3 Å². The average Bonchev–Trinajstić information content (AvgIpc) is 2.74. The molecule has 2 heteroatoms. The molecule has 2 aliphatic rings. The molecule has 0 aromatic rings. The highest BCUT2D eigenvalue weighted by Gasteiger charge is 2.42. The van der Waals surface area contributed by atoms with Crippen molar-refractivity contribution in [1.29, 1.82) is 0 Å². The van der Waals surface area contributed by atoms with E-state index in [0.29, 0.717) is 5.41 Å². The maximum absolute atomic E-state index is 4.04. The number of likely N-dealkylation sites (tertiary alicyclic amines) is 2. The predicted octanol–water partition coefficient (Wildman–Crippen LogP) is 1.94. The molecule has 0 amide bonds. The Balaban J connectivity index is 1.97. The second kappa shape index (κ2) is 3.58. The molecule has 0 bridgehead atoms. The normalized spacial score (nSPS) is 33.1. The Morgan fingerprint density at radius 1 is 1.29 bits per heavy atom. The SMILES string of the molecule is C=C(C)N1CCC2(CCN(CC)C2)C1. The van der Waals surface area contributed by atoms with Crippen molar-refractivity contribution in [3.8, 4) is 0 Å². The number of rotatable bonds is 2. The van der Waals surface area contributed by atoms with Gasteiger partial charge in [-0.1, -0.05) is 13.5 Å². The number of hydrogen-bond donors (Lipinski definition) is 0. The fourth-order valence-corrected chi connectivity index (χ4v) is 2.89. The largest absolute Gasteiger partial charge is 0.375 e. The molecule has 2 saturated heterocycles. The van der Waals surface area contributed by atoms with Crippen molar-refractivity contribution in [1.82, 2.24) is 9.80 Å². The van der Waals surface area contributed by atoms with Crippen molar-refractivity contribution >= 4 is 0 Å². The highest BCUT2D eigenvalue weighted by atomic mass is 15.2. The summed E-state index contributed by atoms with van der Waals surface area (Å²) >= 11 is 0. The maximum atomic E-state index is 4.04. The maximum Gasteiger partial charge on any atom is 0.0244 e. The minimum atomic E-state index is 0.606. The Morgan fingerprint density at radius 2 is 2.00 bits per heavy atom. The summed E-state index contributed by atoms with van der Waals surface area (Å²) in [5.74, 6) is 0. The predicted molar refractivity (Wildman–Crippen MR) is 60.2 cm³/mol. The third-order valence-electron chi connectivity index (χ3n) is 3.94. The van der Waals surface area contributed by atoms with Crippen LogP contribution >= 0.6 is 0 Å². The van der Waals surface area contributed by atoms with E-state index < -0.39 is 0 Å². The van der Waals surface area contributed by atoms with Gasteiger partial charge < -0.3 is 9.80 Å². The van der Waals surface area contributed by atoms with E-state index >= 15 is 0 Å². The van der Waals surface area contributed by atoms with E-state index in [4.69, 9.17) is 0 Å². The first kappa shape index (κ1) is 10.0. The molecule has 0 aromatic heterocycles. The molecule has 1 spiro atoms. The van der Waals surface area contributed by atoms with Gasteiger partial charge in [-0.2, -0.15) is 0 Å². The van der Waals surface area contributed by atoms with E-state index in [-0.39, 0.29) is 0 Å². The first-order valence-corrected chi connectivity index (χ1v) is 5.78. The van der Waals surface area contributed by atoms with Gasteiger partial charge in [0.05, 0.1) is 0 Å². The van der Waals surface area contributed by atoms with Gasteiger partial charge in [-0.15, -0.1) is 0 Å². The molecule has 2 aliphatic heterocycles. The van der Waals surface area contributed by atoms with Crippen molar-refractivity contribution < 1.29 is 0 Å². The Kier molecular flexibility index (Phi) is 2.56. The van der Waals surface area contributed by atoms with Gasteiger partial charge in [-0.3, -0.25) is 0 Å². The molecule has 0 saturated carbocycles. The molecular formula is C12H22N2. The van der Waals surface area contributed by atoms with Crippen LogP contribution in [0, 0.1) is 5.41 Å². The van der Waals surface area contributed by atoms with Gasteiger partial charge in [0.15, 0.2) is 0 Å². The molecular weight excluding hydrogens is 172 g/mol. The molecule has 1 atom stereocenters. The molecule has 0 N–H and O–H groups in total. The lowest BCUT2D eigenvalue weighted by Gasteiger charge is -2.25. The lowest BCUT2D eigenvalue weighted by molar-refractivity contribution is 0.264. The minimum absolute atomic E-state index is 0.606. The molecule has 0 aromatic carbocycles. The zero-order chi connectivity index (χ0) is 10.2. The van der Waals surface area contributed by atoms with E-state index in [2.05, 4.69) is 30.2 Å². The quantitative estimate of drug-likeness (QED) is 0.663. The molecule has 1 unspecified atom stereocenters. The summed E-state index contributed by atoms with van der Waals surface area (Å²) in [5.41, 5.74) is 1.85. The summed E-state index contributed by atoms with van der Waals surface area (Å²) in [7, 11) is 0. The molecule has 14 heavy (non-hydrogen) atoms. The Bertz CT molecular complexity index is 236. The van der Waals surface area contributed by atoms with Crippen molar-refractivity contribution in [2.75, 3.05) is 32.7 Å².